The molecular weight excluding hydrogens is 554 g/mol. The lowest BCUT2D eigenvalue weighted by Crippen LogP contribution is -2.41. The van der Waals surface area contributed by atoms with Gasteiger partial charge in [0.15, 0.2) is 0 Å². The van der Waals surface area contributed by atoms with E-state index in [0.717, 1.165) is 55.9 Å². The zero-order valence-corrected chi connectivity index (χ0v) is 26.6. The first-order chi connectivity index (χ1) is 20.1. The number of nitrogens with zero attached hydrogens (tertiary/aromatic N) is 4. The minimum Gasteiger partial charge on any atom is -0.444 e. The average molecular weight is 603 g/mol. The van der Waals surface area contributed by atoms with Crippen LogP contribution in [0.15, 0.2) is 36.1 Å². The number of alkyl halides is 2. The third-order valence-corrected chi connectivity index (χ3v) is 7.71. The van der Waals surface area contributed by atoms with Gasteiger partial charge in [-0.2, -0.15) is 0 Å². The minimum absolute atomic E-state index is 0.0396. The van der Waals surface area contributed by atoms with E-state index in [4.69, 9.17) is 14.5 Å². The topological polar surface area (TPSA) is 75.2 Å². The fourth-order valence-electron chi connectivity index (χ4n) is 5.78. The normalized spacial score (nSPS) is 20.0. The number of aryl methyl sites for hydroxylation is 2. The largest absolute Gasteiger partial charge is 0.444 e. The second kappa shape index (κ2) is 13.2. The maximum Gasteiger partial charge on any atom is 0.416 e. The second-order valence-electron chi connectivity index (χ2n) is 13.8. The number of halogens is 2. The SMILES string of the molecule is CC(C)(C)OC(=O)N1CC[C@H](N(CCCCCc2ccc3c(n2)N(C(=O)OC(C)(C)C)CCC3)C2=CC=CC(F)(F)C2)C1. The van der Waals surface area contributed by atoms with Crippen LogP contribution < -0.4 is 4.90 Å². The van der Waals surface area contributed by atoms with Crippen molar-refractivity contribution in [2.45, 2.75) is 116 Å². The molecule has 8 nitrogen and oxygen atoms in total. The van der Waals surface area contributed by atoms with E-state index < -0.39 is 17.1 Å². The highest BCUT2D eigenvalue weighted by Crippen LogP contribution is 2.33. The number of ether oxygens (including phenoxy) is 2. The Balaban J connectivity index is 1.35. The summed E-state index contributed by atoms with van der Waals surface area (Å²) in [5, 5.41) is 0. The number of hydrogen-bond donors (Lipinski definition) is 0. The molecule has 0 saturated carbocycles. The van der Waals surface area contributed by atoms with Gasteiger partial charge in [-0.05, 0) is 104 Å². The van der Waals surface area contributed by atoms with Gasteiger partial charge in [0.2, 0.25) is 0 Å². The number of unbranched alkanes of at least 4 members (excludes halogenated alkanes) is 2. The van der Waals surface area contributed by atoms with Gasteiger partial charge in [0.05, 0.1) is 6.42 Å². The van der Waals surface area contributed by atoms with Gasteiger partial charge < -0.3 is 19.3 Å². The summed E-state index contributed by atoms with van der Waals surface area (Å²) in [4.78, 5) is 35.7. The number of carbonyl (C=O) groups is 2. The second-order valence-corrected chi connectivity index (χ2v) is 13.8. The van der Waals surface area contributed by atoms with E-state index >= 15 is 0 Å². The molecule has 1 saturated heterocycles. The first-order valence-corrected chi connectivity index (χ1v) is 15.6. The standard InChI is InChI=1S/C33H48F2N4O4/c1-31(2,3)42-29(40)37-21-17-27(23-37)38(26-14-10-18-33(34,35)22-26)19-9-7-8-13-25-16-15-24-12-11-20-39(28(24)36-25)30(41)43-32(4,5)6/h10,14-16,18,27H,7-9,11-13,17,19-23H2,1-6H3/t27-/m0/s1. The van der Waals surface area contributed by atoms with Gasteiger partial charge >= 0.3 is 12.2 Å². The molecule has 10 heteroatoms. The highest BCUT2D eigenvalue weighted by molar-refractivity contribution is 5.88. The van der Waals surface area contributed by atoms with Crippen LogP contribution in [0, 0.1) is 0 Å². The maximum absolute atomic E-state index is 14.3. The molecule has 1 atom stereocenters. The summed E-state index contributed by atoms with van der Waals surface area (Å²) < 4.78 is 39.8. The Kier molecular flexibility index (Phi) is 10.1. The average Bonchev–Trinajstić information content (AvgIpc) is 3.38. The zero-order chi connectivity index (χ0) is 31.4. The Morgan fingerprint density at radius 2 is 1.74 bits per heavy atom. The van der Waals surface area contributed by atoms with E-state index in [2.05, 4.69) is 11.0 Å². The molecule has 3 aliphatic rings. The van der Waals surface area contributed by atoms with Crippen molar-refractivity contribution in [3.63, 3.8) is 0 Å². The molecule has 0 unspecified atom stereocenters. The Hall–Kier alpha value is -3.17. The Morgan fingerprint density at radius 3 is 2.44 bits per heavy atom. The molecule has 1 aromatic rings. The molecule has 3 heterocycles. The molecule has 4 rings (SSSR count). The summed E-state index contributed by atoms with van der Waals surface area (Å²) >= 11 is 0. The van der Waals surface area contributed by atoms with Crippen molar-refractivity contribution < 1.29 is 27.8 Å². The fraction of sp³-hybridized carbons (Fsp3) is 0.667. The van der Waals surface area contributed by atoms with Gasteiger partial charge in [-0.25, -0.2) is 23.4 Å². The number of allylic oxidation sites excluding steroid dienone is 4. The smallest absolute Gasteiger partial charge is 0.416 e. The molecule has 238 valence electrons. The number of aromatic nitrogens is 1. The first kappa shape index (κ1) is 32.7. The number of fused-ring (bicyclic) bond motifs is 1. The first-order valence-electron chi connectivity index (χ1n) is 15.6. The number of rotatable bonds is 8. The van der Waals surface area contributed by atoms with Crippen LogP contribution in [0.1, 0.15) is 91.3 Å². The highest BCUT2D eigenvalue weighted by Gasteiger charge is 2.37. The van der Waals surface area contributed by atoms with Crippen LogP contribution in [0.4, 0.5) is 24.2 Å². The monoisotopic (exact) mass is 602 g/mol. The van der Waals surface area contributed by atoms with Gasteiger partial charge in [-0.1, -0.05) is 18.6 Å². The van der Waals surface area contributed by atoms with Crippen LogP contribution in [0.2, 0.25) is 0 Å². The number of anilines is 1. The molecule has 0 aromatic carbocycles. The van der Waals surface area contributed by atoms with Gasteiger partial charge in [0, 0.05) is 43.6 Å². The number of carbonyl (C=O) groups excluding carboxylic acids is 2. The molecule has 0 spiro atoms. The molecule has 43 heavy (non-hydrogen) atoms. The molecule has 1 fully saturated rings. The van der Waals surface area contributed by atoms with Crippen molar-refractivity contribution >= 4 is 18.0 Å². The Bertz CT molecular complexity index is 1220. The summed E-state index contributed by atoms with van der Waals surface area (Å²) in [6, 6.07) is 4.06. The van der Waals surface area contributed by atoms with E-state index in [9.17, 15) is 18.4 Å². The van der Waals surface area contributed by atoms with Crippen molar-refractivity contribution in [1.82, 2.24) is 14.8 Å². The molecule has 2 aliphatic heterocycles. The van der Waals surface area contributed by atoms with Gasteiger partial charge in [-0.3, -0.25) is 4.90 Å². The quantitative estimate of drug-likeness (QED) is 0.291. The van der Waals surface area contributed by atoms with Crippen LogP contribution in [0.25, 0.3) is 0 Å². The Morgan fingerprint density at radius 1 is 1.02 bits per heavy atom. The van der Waals surface area contributed by atoms with Crippen molar-refractivity contribution in [2.75, 3.05) is 31.1 Å². The Labute approximate surface area is 255 Å². The molecule has 0 radical (unpaired) electrons. The van der Waals surface area contributed by atoms with Crippen LogP contribution in [0.3, 0.4) is 0 Å². The van der Waals surface area contributed by atoms with Crippen LogP contribution in [-0.2, 0) is 22.3 Å². The predicted molar refractivity (Wildman–Crippen MR) is 163 cm³/mol. The number of pyridine rings is 1. The van der Waals surface area contributed by atoms with Gasteiger partial charge in [0.25, 0.3) is 5.92 Å². The predicted octanol–water partition coefficient (Wildman–Crippen LogP) is 7.27. The van der Waals surface area contributed by atoms with Gasteiger partial charge in [0.1, 0.15) is 17.0 Å². The summed E-state index contributed by atoms with van der Waals surface area (Å²) in [6.07, 6.45) is 8.93. The minimum atomic E-state index is -2.88. The van der Waals surface area contributed by atoms with Crippen LogP contribution in [0.5, 0.6) is 0 Å². The van der Waals surface area contributed by atoms with Gasteiger partial charge in [-0.15, -0.1) is 0 Å². The summed E-state index contributed by atoms with van der Waals surface area (Å²) in [5.74, 6) is -2.19. The van der Waals surface area contributed by atoms with E-state index in [-0.39, 0.29) is 24.6 Å². The molecule has 1 aliphatic carbocycles. The summed E-state index contributed by atoms with van der Waals surface area (Å²) in [5.41, 5.74) is 1.43. The van der Waals surface area contributed by atoms with Crippen molar-refractivity contribution in [3.05, 3.63) is 47.3 Å². The van der Waals surface area contributed by atoms with Crippen molar-refractivity contribution in [2.24, 2.45) is 0 Å². The number of hydrogen-bond acceptors (Lipinski definition) is 6. The molecule has 0 N–H and O–H groups in total. The summed E-state index contributed by atoms with van der Waals surface area (Å²) in [6.45, 7) is 13.3. The fourth-order valence-corrected chi connectivity index (χ4v) is 5.78. The molecule has 2 amide bonds. The van der Waals surface area contributed by atoms with Crippen molar-refractivity contribution in [1.29, 1.82) is 0 Å². The van der Waals surface area contributed by atoms with E-state index in [1.807, 2.05) is 47.6 Å². The van der Waals surface area contributed by atoms with Crippen LogP contribution in [-0.4, -0.2) is 76.3 Å². The lowest BCUT2D eigenvalue weighted by atomic mass is 10.0. The molecular formula is C33H48F2N4O4. The zero-order valence-electron chi connectivity index (χ0n) is 26.6. The third kappa shape index (κ3) is 9.41. The molecule has 1 aromatic heterocycles. The maximum atomic E-state index is 14.3. The highest BCUT2D eigenvalue weighted by atomic mass is 19.3. The third-order valence-electron chi connectivity index (χ3n) is 7.71. The van der Waals surface area contributed by atoms with E-state index in [0.29, 0.717) is 44.1 Å². The lowest BCUT2D eigenvalue weighted by Gasteiger charge is -2.35. The van der Waals surface area contributed by atoms with E-state index in [1.165, 1.54) is 6.08 Å². The lowest BCUT2D eigenvalue weighted by molar-refractivity contribution is 0.0267. The number of likely N-dealkylation sites (tertiary alicyclic amines) is 1. The number of amides is 2. The molecule has 0 bridgehead atoms. The van der Waals surface area contributed by atoms with Crippen LogP contribution >= 0.6 is 0 Å². The van der Waals surface area contributed by atoms with E-state index in [1.54, 1.807) is 15.9 Å². The van der Waals surface area contributed by atoms with Crippen molar-refractivity contribution in [3.8, 4) is 0 Å². The summed E-state index contributed by atoms with van der Waals surface area (Å²) in [7, 11) is 0.